The number of pyridine rings is 2. The molecule has 6 heteroatoms. The van der Waals surface area contributed by atoms with Crippen molar-refractivity contribution in [2.75, 3.05) is 12.4 Å². The smallest absolute Gasteiger partial charge is 0.265 e. The molecule has 2 heterocycles. The van der Waals surface area contributed by atoms with E-state index in [2.05, 4.69) is 42.2 Å². The van der Waals surface area contributed by atoms with E-state index in [9.17, 15) is 4.79 Å². The van der Waals surface area contributed by atoms with Crippen LogP contribution in [0.5, 0.6) is 0 Å². The lowest BCUT2D eigenvalue weighted by Crippen LogP contribution is -2.20. The maximum Gasteiger partial charge on any atom is 0.265 e. The molecule has 2 aromatic rings. The van der Waals surface area contributed by atoms with E-state index in [1.807, 2.05) is 19.2 Å². The van der Waals surface area contributed by atoms with Crippen LogP contribution < -0.4 is 10.9 Å². The average Bonchev–Trinajstić information content (AvgIpc) is 2.35. The molecule has 0 saturated carbocycles. The van der Waals surface area contributed by atoms with Crippen LogP contribution >= 0.6 is 31.9 Å². The molecular weight excluding hydrogens is 362 g/mol. The van der Waals surface area contributed by atoms with E-state index in [0.29, 0.717) is 11.0 Å². The normalized spacial score (nSPS) is 10.4. The zero-order valence-electron chi connectivity index (χ0n) is 9.65. The van der Waals surface area contributed by atoms with Crippen LogP contribution in [0.25, 0.3) is 0 Å². The Labute approximate surface area is 121 Å². The molecule has 2 rings (SSSR count). The molecule has 0 saturated heterocycles. The van der Waals surface area contributed by atoms with Crippen LogP contribution in [0.2, 0.25) is 0 Å². The van der Waals surface area contributed by atoms with Gasteiger partial charge in [-0.15, -0.1) is 0 Å². The van der Waals surface area contributed by atoms with Gasteiger partial charge in [0, 0.05) is 23.9 Å². The van der Waals surface area contributed by atoms with Gasteiger partial charge < -0.3 is 9.88 Å². The Bertz CT molecular complexity index is 625. The molecule has 0 fully saturated rings. The number of aromatic nitrogens is 2. The van der Waals surface area contributed by atoms with Crippen molar-refractivity contribution in [1.29, 1.82) is 0 Å². The van der Waals surface area contributed by atoms with Crippen molar-refractivity contribution in [1.82, 2.24) is 9.55 Å². The quantitative estimate of drug-likeness (QED) is 0.901. The number of halogens is 2. The average molecular weight is 373 g/mol. The summed E-state index contributed by atoms with van der Waals surface area (Å²) in [6.45, 7) is 0.508. The van der Waals surface area contributed by atoms with Gasteiger partial charge in [-0.2, -0.15) is 0 Å². The second kappa shape index (κ2) is 5.67. The fraction of sp³-hybridized carbons (Fsp3) is 0.167. The number of nitrogens with one attached hydrogen (secondary N) is 1. The van der Waals surface area contributed by atoms with E-state index in [1.54, 1.807) is 23.0 Å². The number of hydrogen-bond acceptors (Lipinski definition) is 3. The van der Waals surface area contributed by atoms with E-state index < -0.39 is 0 Å². The molecule has 2 aromatic heterocycles. The van der Waals surface area contributed by atoms with Gasteiger partial charge >= 0.3 is 0 Å². The van der Waals surface area contributed by atoms with Crippen molar-refractivity contribution >= 4 is 37.7 Å². The summed E-state index contributed by atoms with van der Waals surface area (Å²) in [5, 5.41) is 2.97. The van der Waals surface area contributed by atoms with Gasteiger partial charge in [-0.3, -0.25) is 4.79 Å². The molecule has 0 unspecified atom stereocenters. The highest BCUT2D eigenvalue weighted by molar-refractivity contribution is 9.11. The van der Waals surface area contributed by atoms with Crippen LogP contribution in [0, 0.1) is 0 Å². The van der Waals surface area contributed by atoms with Gasteiger partial charge in [-0.05, 0) is 55.6 Å². The Morgan fingerprint density at radius 1 is 1.39 bits per heavy atom. The van der Waals surface area contributed by atoms with E-state index in [1.165, 1.54) is 0 Å². The van der Waals surface area contributed by atoms with Gasteiger partial charge in [-0.1, -0.05) is 0 Å². The minimum atomic E-state index is -0.0546. The second-order valence-corrected chi connectivity index (χ2v) is 5.51. The minimum absolute atomic E-state index is 0.0546. The van der Waals surface area contributed by atoms with Crippen LogP contribution in [-0.4, -0.2) is 16.6 Å². The lowest BCUT2D eigenvalue weighted by atomic mass is 10.2. The van der Waals surface area contributed by atoms with E-state index in [-0.39, 0.29) is 5.56 Å². The third-order valence-electron chi connectivity index (χ3n) is 2.44. The van der Waals surface area contributed by atoms with Crippen molar-refractivity contribution in [3.05, 3.63) is 55.5 Å². The molecular formula is C12H11Br2N3O. The molecule has 0 amide bonds. The Morgan fingerprint density at radius 2 is 2.17 bits per heavy atom. The number of rotatable bonds is 3. The topological polar surface area (TPSA) is 46.9 Å². The molecule has 18 heavy (non-hydrogen) atoms. The van der Waals surface area contributed by atoms with E-state index >= 15 is 0 Å². The van der Waals surface area contributed by atoms with E-state index in [0.717, 1.165) is 15.9 Å². The second-order valence-electron chi connectivity index (χ2n) is 3.74. The van der Waals surface area contributed by atoms with Crippen molar-refractivity contribution in [2.45, 2.75) is 6.54 Å². The predicted molar refractivity (Wildman–Crippen MR) is 79.0 cm³/mol. The first kappa shape index (κ1) is 13.3. The van der Waals surface area contributed by atoms with Crippen LogP contribution in [0.3, 0.4) is 0 Å². The van der Waals surface area contributed by atoms with Gasteiger partial charge in [0.2, 0.25) is 0 Å². The molecule has 4 nitrogen and oxygen atoms in total. The van der Waals surface area contributed by atoms with Gasteiger partial charge in [0.25, 0.3) is 5.56 Å². The van der Waals surface area contributed by atoms with Gasteiger partial charge in [0.15, 0.2) is 0 Å². The summed E-state index contributed by atoms with van der Waals surface area (Å²) in [7, 11) is 1.81. The van der Waals surface area contributed by atoms with Gasteiger partial charge in [-0.25, -0.2) is 4.98 Å². The summed E-state index contributed by atoms with van der Waals surface area (Å²) in [6, 6.07) is 5.55. The third-order valence-corrected chi connectivity index (χ3v) is 3.44. The van der Waals surface area contributed by atoms with Crippen molar-refractivity contribution in [2.24, 2.45) is 0 Å². The highest BCUT2D eigenvalue weighted by Gasteiger charge is 2.04. The summed E-state index contributed by atoms with van der Waals surface area (Å²) in [5.74, 6) is 0.787. The summed E-state index contributed by atoms with van der Waals surface area (Å²) in [6.07, 6.45) is 3.49. The Kier molecular flexibility index (Phi) is 4.19. The first-order valence-electron chi connectivity index (χ1n) is 5.28. The zero-order valence-corrected chi connectivity index (χ0v) is 12.8. The molecule has 0 radical (unpaired) electrons. The lowest BCUT2D eigenvalue weighted by molar-refractivity contribution is 0.751. The highest BCUT2D eigenvalue weighted by Crippen LogP contribution is 2.14. The molecule has 0 aromatic carbocycles. The first-order chi connectivity index (χ1) is 8.60. The number of anilines is 1. The summed E-state index contributed by atoms with van der Waals surface area (Å²) in [5.41, 5.74) is 0.961. The van der Waals surface area contributed by atoms with Gasteiger partial charge in [0.05, 0.1) is 11.0 Å². The maximum absolute atomic E-state index is 11.9. The Hall–Kier alpha value is -1.14. The molecule has 0 aliphatic rings. The van der Waals surface area contributed by atoms with Gasteiger partial charge in [0.1, 0.15) is 5.82 Å². The summed E-state index contributed by atoms with van der Waals surface area (Å²) < 4.78 is 3.04. The Balaban J connectivity index is 2.36. The van der Waals surface area contributed by atoms with Crippen molar-refractivity contribution < 1.29 is 0 Å². The highest BCUT2D eigenvalue weighted by atomic mass is 79.9. The SMILES string of the molecule is CNc1cc(Cn2cc(Br)cc(Br)c2=O)ccn1. The largest absolute Gasteiger partial charge is 0.373 e. The van der Waals surface area contributed by atoms with Crippen LogP contribution in [0.1, 0.15) is 5.56 Å². The zero-order chi connectivity index (χ0) is 13.1. The summed E-state index contributed by atoms with van der Waals surface area (Å²) in [4.78, 5) is 16.1. The third kappa shape index (κ3) is 3.00. The first-order valence-corrected chi connectivity index (χ1v) is 6.87. The van der Waals surface area contributed by atoms with E-state index in [4.69, 9.17) is 0 Å². The molecule has 0 spiro atoms. The molecule has 0 aliphatic heterocycles. The molecule has 1 N–H and O–H groups in total. The molecule has 0 bridgehead atoms. The monoisotopic (exact) mass is 371 g/mol. The van der Waals surface area contributed by atoms with Crippen LogP contribution in [0.4, 0.5) is 5.82 Å². The van der Waals surface area contributed by atoms with Crippen LogP contribution in [-0.2, 0) is 6.54 Å². The summed E-state index contributed by atoms with van der Waals surface area (Å²) >= 11 is 6.62. The molecule has 94 valence electrons. The van der Waals surface area contributed by atoms with Crippen LogP contribution in [0.15, 0.2) is 44.3 Å². The standard InChI is InChI=1S/C12H11Br2N3O/c1-15-11-4-8(2-3-16-11)6-17-7-9(13)5-10(14)12(17)18/h2-5,7H,6H2,1H3,(H,15,16). The number of hydrogen-bond donors (Lipinski definition) is 1. The predicted octanol–water partition coefficient (Wildman–Crippen LogP) is 2.86. The van der Waals surface area contributed by atoms with Crippen molar-refractivity contribution in [3.8, 4) is 0 Å². The lowest BCUT2D eigenvalue weighted by Gasteiger charge is -2.08. The maximum atomic E-state index is 11.9. The number of nitrogens with zero attached hydrogens (tertiary/aromatic N) is 2. The molecule has 0 atom stereocenters. The fourth-order valence-corrected chi connectivity index (χ4v) is 2.85. The fourth-order valence-electron chi connectivity index (χ4n) is 1.59. The Morgan fingerprint density at radius 3 is 2.89 bits per heavy atom. The van der Waals surface area contributed by atoms with Crippen molar-refractivity contribution in [3.63, 3.8) is 0 Å². The minimum Gasteiger partial charge on any atom is -0.373 e. The molecule has 0 aliphatic carbocycles.